The van der Waals surface area contributed by atoms with E-state index in [1.54, 1.807) is 6.07 Å². The number of piperidine rings is 1. The Hall–Kier alpha value is -1.88. The molecular weight excluding hydrogens is 314 g/mol. The number of nitrogens with zero attached hydrogens (tertiary/aromatic N) is 2. The Morgan fingerprint density at radius 2 is 1.76 bits per heavy atom. The molecule has 0 saturated carbocycles. The predicted molar refractivity (Wildman–Crippen MR) is 102 cm³/mol. The van der Waals surface area contributed by atoms with E-state index >= 15 is 0 Å². The van der Waals surface area contributed by atoms with Gasteiger partial charge in [-0.05, 0) is 63.4 Å². The van der Waals surface area contributed by atoms with E-state index in [4.69, 9.17) is 0 Å². The van der Waals surface area contributed by atoms with Crippen molar-refractivity contribution in [2.24, 2.45) is 0 Å². The lowest BCUT2D eigenvalue weighted by Gasteiger charge is -2.26. The smallest absolute Gasteiger partial charge is 0.253 e. The second-order valence-corrected chi connectivity index (χ2v) is 6.76. The summed E-state index contributed by atoms with van der Waals surface area (Å²) in [7, 11) is 0. The van der Waals surface area contributed by atoms with Crippen molar-refractivity contribution in [2.45, 2.75) is 46.0 Å². The van der Waals surface area contributed by atoms with Crippen molar-refractivity contribution < 1.29 is 9.59 Å². The molecule has 0 atom stereocenters. The van der Waals surface area contributed by atoms with Crippen LogP contribution in [0.5, 0.6) is 0 Å². The third-order valence-electron chi connectivity index (χ3n) is 4.48. The van der Waals surface area contributed by atoms with Gasteiger partial charge in [0.25, 0.3) is 5.91 Å². The Morgan fingerprint density at radius 1 is 1.08 bits per heavy atom. The zero-order valence-electron chi connectivity index (χ0n) is 15.6. The lowest BCUT2D eigenvalue weighted by atomic mass is 10.1. The van der Waals surface area contributed by atoms with Crippen LogP contribution in [0, 0.1) is 0 Å². The highest BCUT2D eigenvalue weighted by molar-refractivity contribution is 5.97. The van der Waals surface area contributed by atoms with Crippen molar-refractivity contribution in [2.75, 3.05) is 38.0 Å². The zero-order chi connectivity index (χ0) is 18.1. The number of carbonyl (C=O) groups excluding carboxylic acids is 2. The molecule has 0 aliphatic carbocycles. The van der Waals surface area contributed by atoms with Gasteiger partial charge in [-0.1, -0.05) is 19.9 Å². The van der Waals surface area contributed by atoms with Crippen LogP contribution < -0.4 is 5.32 Å². The fourth-order valence-electron chi connectivity index (χ4n) is 3.32. The number of rotatable bonds is 8. The summed E-state index contributed by atoms with van der Waals surface area (Å²) >= 11 is 0. The van der Waals surface area contributed by atoms with Crippen LogP contribution in [0.1, 0.15) is 56.3 Å². The van der Waals surface area contributed by atoms with Crippen LogP contribution in [-0.4, -0.2) is 54.3 Å². The Labute approximate surface area is 151 Å². The maximum absolute atomic E-state index is 12.6. The molecule has 0 bridgehead atoms. The van der Waals surface area contributed by atoms with E-state index in [0.29, 0.717) is 17.8 Å². The molecule has 1 aromatic rings. The van der Waals surface area contributed by atoms with Crippen LogP contribution in [0.25, 0.3) is 0 Å². The first kappa shape index (κ1) is 19.4. The lowest BCUT2D eigenvalue weighted by molar-refractivity contribution is -0.117. The number of likely N-dealkylation sites (tertiary alicyclic amines) is 1. The summed E-state index contributed by atoms with van der Waals surface area (Å²) in [5.41, 5.74) is 1.35. The van der Waals surface area contributed by atoms with Gasteiger partial charge >= 0.3 is 0 Å². The maximum Gasteiger partial charge on any atom is 0.253 e. The summed E-state index contributed by atoms with van der Waals surface area (Å²) in [4.78, 5) is 29.0. The SMILES string of the molecule is CCCN(CCC)CC(=O)Nc1cccc(C(=O)N2CCCCC2)c1. The van der Waals surface area contributed by atoms with E-state index in [-0.39, 0.29) is 11.8 Å². The molecule has 0 radical (unpaired) electrons. The van der Waals surface area contributed by atoms with E-state index in [2.05, 4.69) is 24.1 Å². The number of anilines is 1. The molecule has 1 heterocycles. The van der Waals surface area contributed by atoms with Gasteiger partial charge < -0.3 is 10.2 Å². The molecule has 0 aromatic heterocycles. The molecule has 0 spiro atoms. The van der Waals surface area contributed by atoms with Crippen molar-refractivity contribution >= 4 is 17.5 Å². The van der Waals surface area contributed by atoms with E-state index < -0.39 is 0 Å². The molecular formula is C20H31N3O2. The Balaban J connectivity index is 1.95. The molecule has 1 aliphatic heterocycles. The minimum atomic E-state index is -0.0236. The maximum atomic E-state index is 12.6. The Bertz CT molecular complexity index is 562. The van der Waals surface area contributed by atoms with Gasteiger partial charge in [0.1, 0.15) is 0 Å². The van der Waals surface area contributed by atoms with Gasteiger partial charge in [-0.25, -0.2) is 0 Å². The quantitative estimate of drug-likeness (QED) is 0.786. The Morgan fingerprint density at radius 3 is 2.40 bits per heavy atom. The first-order valence-electron chi connectivity index (χ1n) is 9.55. The number of benzene rings is 1. The first-order valence-corrected chi connectivity index (χ1v) is 9.55. The van der Waals surface area contributed by atoms with Crippen molar-refractivity contribution in [1.82, 2.24) is 9.80 Å². The van der Waals surface area contributed by atoms with Gasteiger partial charge in [0.05, 0.1) is 6.54 Å². The van der Waals surface area contributed by atoms with Crippen LogP contribution in [0.4, 0.5) is 5.69 Å². The van der Waals surface area contributed by atoms with Crippen LogP contribution in [0.3, 0.4) is 0 Å². The number of nitrogens with one attached hydrogen (secondary N) is 1. The fourth-order valence-corrected chi connectivity index (χ4v) is 3.32. The normalized spacial score (nSPS) is 14.6. The fraction of sp³-hybridized carbons (Fsp3) is 0.600. The lowest BCUT2D eigenvalue weighted by Crippen LogP contribution is -2.36. The molecule has 1 aliphatic rings. The number of hydrogen-bond acceptors (Lipinski definition) is 3. The molecule has 1 fully saturated rings. The van der Waals surface area contributed by atoms with E-state index in [9.17, 15) is 9.59 Å². The van der Waals surface area contributed by atoms with Crippen LogP contribution in [0.2, 0.25) is 0 Å². The summed E-state index contributed by atoms with van der Waals surface area (Å²) in [5, 5.41) is 2.94. The molecule has 1 N–H and O–H groups in total. The summed E-state index contributed by atoms with van der Waals surface area (Å²) in [6, 6.07) is 7.30. The van der Waals surface area contributed by atoms with Crippen LogP contribution >= 0.6 is 0 Å². The average molecular weight is 345 g/mol. The topological polar surface area (TPSA) is 52.7 Å². The third kappa shape index (κ3) is 6.16. The first-order chi connectivity index (χ1) is 12.1. The van der Waals surface area contributed by atoms with Gasteiger partial charge in [0.2, 0.25) is 5.91 Å². The van der Waals surface area contributed by atoms with Crippen LogP contribution in [-0.2, 0) is 4.79 Å². The number of hydrogen-bond donors (Lipinski definition) is 1. The molecule has 2 rings (SSSR count). The molecule has 0 unspecified atom stereocenters. The molecule has 1 aromatic carbocycles. The van der Waals surface area contributed by atoms with Gasteiger partial charge in [-0.15, -0.1) is 0 Å². The second kappa shape index (κ2) is 10.2. The molecule has 2 amide bonds. The molecule has 25 heavy (non-hydrogen) atoms. The highest BCUT2D eigenvalue weighted by Gasteiger charge is 2.18. The van der Waals surface area contributed by atoms with Crippen molar-refractivity contribution in [3.8, 4) is 0 Å². The molecule has 5 nitrogen and oxygen atoms in total. The zero-order valence-corrected chi connectivity index (χ0v) is 15.6. The average Bonchev–Trinajstić information content (AvgIpc) is 2.62. The summed E-state index contributed by atoms with van der Waals surface area (Å²) < 4.78 is 0. The monoisotopic (exact) mass is 345 g/mol. The number of amides is 2. The minimum Gasteiger partial charge on any atom is -0.339 e. The van der Waals surface area contributed by atoms with Gasteiger partial charge in [-0.3, -0.25) is 14.5 Å². The highest BCUT2D eigenvalue weighted by Crippen LogP contribution is 2.16. The number of carbonyl (C=O) groups is 2. The highest BCUT2D eigenvalue weighted by atomic mass is 16.2. The van der Waals surface area contributed by atoms with E-state index in [0.717, 1.165) is 51.9 Å². The Kier molecular flexibility index (Phi) is 7.92. The molecule has 5 heteroatoms. The van der Waals surface area contributed by atoms with Crippen LogP contribution in [0.15, 0.2) is 24.3 Å². The molecule has 138 valence electrons. The largest absolute Gasteiger partial charge is 0.339 e. The van der Waals surface area contributed by atoms with Crippen molar-refractivity contribution in [1.29, 1.82) is 0 Å². The van der Waals surface area contributed by atoms with Crippen molar-refractivity contribution in [3.63, 3.8) is 0 Å². The van der Waals surface area contributed by atoms with Crippen molar-refractivity contribution in [3.05, 3.63) is 29.8 Å². The van der Waals surface area contributed by atoms with E-state index in [1.165, 1.54) is 6.42 Å². The third-order valence-corrected chi connectivity index (χ3v) is 4.48. The molecule has 1 saturated heterocycles. The van der Waals surface area contributed by atoms with Gasteiger partial charge in [-0.2, -0.15) is 0 Å². The van der Waals surface area contributed by atoms with Gasteiger partial charge in [0.15, 0.2) is 0 Å². The van der Waals surface area contributed by atoms with E-state index in [1.807, 2.05) is 23.1 Å². The standard InChI is InChI=1S/C20H31N3O2/c1-3-11-22(12-4-2)16-19(24)21-18-10-8-9-17(15-18)20(25)23-13-6-5-7-14-23/h8-10,15H,3-7,11-14,16H2,1-2H3,(H,21,24). The second-order valence-electron chi connectivity index (χ2n) is 6.76. The summed E-state index contributed by atoms with van der Waals surface area (Å²) in [6.07, 6.45) is 5.42. The predicted octanol–water partition coefficient (Wildman–Crippen LogP) is 3.37. The summed E-state index contributed by atoms with van der Waals surface area (Å²) in [6.45, 7) is 8.15. The summed E-state index contributed by atoms with van der Waals surface area (Å²) in [5.74, 6) is 0.0406. The minimum absolute atomic E-state index is 0.0236. The van der Waals surface area contributed by atoms with Gasteiger partial charge in [0, 0.05) is 24.3 Å².